The van der Waals surface area contributed by atoms with Crippen molar-refractivity contribution in [2.45, 2.75) is 44.7 Å². The number of rotatable bonds is 6. The van der Waals surface area contributed by atoms with E-state index in [0.717, 1.165) is 45.6 Å². The maximum atomic E-state index is 12.3. The maximum absolute atomic E-state index is 12.3. The fourth-order valence-corrected chi connectivity index (χ4v) is 4.09. The van der Waals surface area contributed by atoms with Crippen molar-refractivity contribution in [3.63, 3.8) is 0 Å². The number of carbonyl (C=O) groups is 1. The normalized spacial score (nSPS) is 16.6. The molecule has 5 nitrogen and oxygen atoms in total. The second kappa shape index (κ2) is 7.02. The highest BCUT2D eigenvalue weighted by Crippen LogP contribution is 2.33. The number of benzene rings is 1. The Morgan fingerprint density at radius 2 is 1.89 bits per heavy atom. The Morgan fingerprint density at radius 3 is 2.68 bits per heavy atom. The molecule has 0 saturated heterocycles. The number of hydrogen-bond acceptors (Lipinski definition) is 5. The number of aromatic nitrogens is 2. The molecule has 142 valence electrons. The zero-order valence-corrected chi connectivity index (χ0v) is 16.6. The lowest BCUT2D eigenvalue weighted by atomic mass is 10.0. The molecule has 2 N–H and O–H groups in total. The van der Waals surface area contributed by atoms with E-state index in [-0.39, 0.29) is 5.91 Å². The number of amides is 1. The fourth-order valence-electron chi connectivity index (χ4n) is 3.15. The first-order chi connectivity index (χ1) is 13.7. The molecule has 0 spiro atoms. The van der Waals surface area contributed by atoms with Crippen LogP contribution in [-0.4, -0.2) is 28.0 Å². The molecular formula is C22H22N4OS. The Bertz CT molecular complexity index is 1080. The molecule has 2 aromatic heterocycles. The number of thiophene rings is 1. The summed E-state index contributed by atoms with van der Waals surface area (Å²) in [6.07, 6.45) is 10.4. The van der Waals surface area contributed by atoms with Crippen LogP contribution in [-0.2, 0) is 0 Å². The van der Waals surface area contributed by atoms with E-state index < -0.39 is 0 Å². The third-order valence-corrected chi connectivity index (χ3v) is 6.19. The monoisotopic (exact) mass is 390 g/mol. The van der Waals surface area contributed by atoms with Crippen LogP contribution >= 0.6 is 11.3 Å². The van der Waals surface area contributed by atoms with Crippen molar-refractivity contribution >= 4 is 45.4 Å². The Morgan fingerprint density at radius 1 is 1.11 bits per heavy atom. The first-order valence-electron chi connectivity index (χ1n) is 9.76. The minimum Gasteiger partial charge on any atom is -0.366 e. The second-order valence-electron chi connectivity index (χ2n) is 7.66. The van der Waals surface area contributed by atoms with Crippen LogP contribution < -0.4 is 10.6 Å². The summed E-state index contributed by atoms with van der Waals surface area (Å²) < 4.78 is 1.10. The van der Waals surface area contributed by atoms with Crippen molar-refractivity contribution < 1.29 is 4.79 Å². The highest BCUT2D eigenvalue weighted by atomic mass is 32.1. The topological polar surface area (TPSA) is 66.9 Å². The Hall–Kier alpha value is -2.73. The van der Waals surface area contributed by atoms with Gasteiger partial charge in [-0.15, -0.1) is 11.3 Å². The number of nitrogens with zero attached hydrogens (tertiary/aromatic N) is 2. The third-order valence-electron chi connectivity index (χ3n) is 5.20. The maximum Gasteiger partial charge on any atom is 0.251 e. The van der Waals surface area contributed by atoms with Crippen LogP contribution in [0.5, 0.6) is 0 Å². The smallest absolute Gasteiger partial charge is 0.251 e. The quantitative estimate of drug-likeness (QED) is 0.644. The van der Waals surface area contributed by atoms with E-state index in [9.17, 15) is 4.79 Å². The van der Waals surface area contributed by atoms with Crippen molar-refractivity contribution in [1.29, 1.82) is 0 Å². The number of hydrogen-bond donors (Lipinski definition) is 2. The highest BCUT2D eigenvalue weighted by Gasteiger charge is 2.24. The zero-order valence-electron chi connectivity index (χ0n) is 15.7. The van der Waals surface area contributed by atoms with Crippen LogP contribution in [0.4, 0.5) is 5.82 Å². The van der Waals surface area contributed by atoms with E-state index in [1.165, 1.54) is 12.8 Å². The van der Waals surface area contributed by atoms with E-state index in [4.69, 9.17) is 0 Å². The van der Waals surface area contributed by atoms with Gasteiger partial charge in [0.25, 0.3) is 5.91 Å². The standard InChI is InChI=1S/C22H22N4OS/c1-13-2-3-15(22(27)26-18-8-9-18)10-14(13)4-5-16-11-28-20-19(16)23-12-24-21(20)25-17-6-7-17/h2-5,10-12,17-18H,6-9H2,1H3,(H,26,27)(H,23,24,25)/b5-4+. The summed E-state index contributed by atoms with van der Waals surface area (Å²) in [5.41, 5.74) is 4.95. The molecule has 2 fully saturated rings. The number of fused-ring (bicyclic) bond motifs is 1. The molecule has 0 aliphatic heterocycles. The molecule has 2 heterocycles. The predicted molar refractivity (Wildman–Crippen MR) is 115 cm³/mol. The molecule has 6 heteroatoms. The van der Waals surface area contributed by atoms with Gasteiger partial charge in [-0.05, 0) is 55.9 Å². The molecule has 3 aromatic rings. The average molecular weight is 391 g/mol. The Kier molecular flexibility index (Phi) is 4.36. The van der Waals surface area contributed by atoms with E-state index >= 15 is 0 Å². The number of nitrogens with one attached hydrogen (secondary N) is 2. The molecule has 28 heavy (non-hydrogen) atoms. The number of aryl methyl sites for hydroxylation is 1. The summed E-state index contributed by atoms with van der Waals surface area (Å²) in [5, 5.41) is 8.66. The van der Waals surface area contributed by atoms with Crippen molar-refractivity contribution in [1.82, 2.24) is 15.3 Å². The van der Waals surface area contributed by atoms with Gasteiger partial charge in [0.15, 0.2) is 0 Å². The molecule has 2 aliphatic rings. The lowest BCUT2D eigenvalue weighted by Gasteiger charge is -2.06. The van der Waals surface area contributed by atoms with Crippen molar-refractivity contribution in [2.24, 2.45) is 0 Å². The highest BCUT2D eigenvalue weighted by molar-refractivity contribution is 7.18. The van der Waals surface area contributed by atoms with Crippen molar-refractivity contribution in [2.75, 3.05) is 5.32 Å². The van der Waals surface area contributed by atoms with Gasteiger partial charge < -0.3 is 10.6 Å². The molecule has 1 aromatic carbocycles. The van der Waals surface area contributed by atoms with E-state index in [1.807, 2.05) is 18.2 Å². The van der Waals surface area contributed by atoms with E-state index in [0.29, 0.717) is 17.6 Å². The molecular weight excluding hydrogens is 368 g/mol. The summed E-state index contributed by atoms with van der Waals surface area (Å²) in [4.78, 5) is 21.2. The number of anilines is 1. The molecule has 0 radical (unpaired) electrons. The van der Waals surface area contributed by atoms with Gasteiger partial charge in [-0.2, -0.15) is 0 Å². The lowest BCUT2D eigenvalue weighted by Crippen LogP contribution is -2.25. The van der Waals surface area contributed by atoms with Gasteiger partial charge in [-0.3, -0.25) is 4.79 Å². The van der Waals surface area contributed by atoms with E-state index in [2.05, 4.69) is 45.1 Å². The summed E-state index contributed by atoms with van der Waals surface area (Å²) in [5.74, 6) is 0.953. The molecule has 2 saturated carbocycles. The van der Waals surface area contributed by atoms with Gasteiger partial charge in [0, 0.05) is 28.6 Å². The first-order valence-corrected chi connectivity index (χ1v) is 10.6. The Labute approximate surface area is 167 Å². The van der Waals surface area contributed by atoms with Gasteiger partial charge >= 0.3 is 0 Å². The van der Waals surface area contributed by atoms with Crippen LogP contribution in [0.15, 0.2) is 29.9 Å². The molecule has 2 aliphatic carbocycles. The van der Waals surface area contributed by atoms with E-state index in [1.54, 1.807) is 17.7 Å². The van der Waals surface area contributed by atoms with Crippen LogP contribution in [0, 0.1) is 6.92 Å². The predicted octanol–water partition coefficient (Wildman–Crippen LogP) is 4.64. The molecule has 5 rings (SSSR count). The van der Waals surface area contributed by atoms with Gasteiger partial charge in [-0.1, -0.05) is 18.2 Å². The molecule has 0 unspecified atom stereocenters. The molecule has 1 amide bonds. The minimum atomic E-state index is 0.0154. The average Bonchev–Trinajstić information content (AvgIpc) is 3.62. The van der Waals surface area contributed by atoms with Gasteiger partial charge in [0.2, 0.25) is 0 Å². The summed E-state index contributed by atoms with van der Waals surface area (Å²) in [6.45, 7) is 2.06. The summed E-state index contributed by atoms with van der Waals surface area (Å²) >= 11 is 1.67. The van der Waals surface area contributed by atoms with Crippen molar-refractivity contribution in [3.8, 4) is 0 Å². The largest absolute Gasteiger partial charge is 0.366 e. The van der Waals surface area contributed by atoms with Gasteiger partial charge in [-0.25, -0.2) is 9.97 Å². The van der Waals surface area contributed by atoms with Crippen LogP contribution in [0.2, 0.25) is 0 Å². The lowest BCUT2D eigenvalue weighted by molar-refractivity contribution is 0.0951. The zero-order chi connectivity index (χ0) is 19.1. The minimum absolute atomic E-state index is 0.0154. The van der Waals surface area contributed by atoms with Gasteiger partial charge in [0.05, 0.1) is 10.2 Å². The van der Waals surface area contributed by atoms with Crippen LogP contribution in [0.3, 0.4) is 0 Å². The van der Waals surface area contributed by atoms with Crippen LogP contribution in [0.1, 0.15) is 52.7 Å². The van der Waals surface area contributed by atoms with Crippen LogP contribution in [0.25, 0.3) is 22.4 Å². The van der Waals surface area contributed by atoms with Gasteiger partial charge in [0.1, 0.15) is 12.1 Å². The van der Waals surface area contributed by atoms with Crippen molar-refractivity contribution in [3.05, 3.63) is 52.2 Å². The first kappa shape index (κ1) is 17.4. The molecule has 0 bridgehead atoms. The fraction of sp³-hybridized carbons (Fsp3) is 0.318. The Balaban J connectivity index is 1.41. The SMILES string of the molecule is Cc1ccc(C(=O)NC2CC2)cc1/C=C/c1csc2c(NC3CC3)ncnc12. The summed E-state index contributed by atoms with van der Waals surface area (Å²) in [7, 11) is 0. The summed E-state index contributed by atoms with van der Waals surface area (Å²) in [6, 6.07) is 6.79. The second-order valence-corrected chi connectivity index (χ2v) is 8.54. The molecule has 0 atom stereocenters. The number of carbonyl (C=O) groups excluding carboxylic acids is 1. The third kappa shape index (κ3) is 3.64.